The molecule has 1 N–H and O–H groups in total. The smallest absolute Gasteiger partial charge is 0.101 e. The lowest BCUT2D eigenvalue weighted by atomic mass is 10.1. The van der Waals surface area contributed by atoms with Gasteiger partial charge in [-0.1, -0.05) is 18.6 Å². The van der Waals surface area contributed by atoms with Crippen LogP contribution in [0.5, 0.6) is 0 Å². The van der Waals surface area contributed by atoms with Crippen LogP contribution in [0.1, 0.15) is 30.4 Å². The standard InChI is InChI=1S/C15H21N3/c1-13-6-5-7-14(12-16)15(13)17-8-11-18-9-3-2-4-10-18/h5-7,17H,2-4,8-11H2,1H3. The lowest BCUT2D eigenvalue weighted by molar-refractivity contribution is 0.237. The van der Waals surface area contributed by atoms with Crippen molar-refractivity contribution in [3.63, 3.8) is 0 Å². The number of aryl methyl sites for hydroxylation is 1. The number of piperidine rings is 1. The van der Waals surface area contributed by atoms with Crippen LogP contribution >= 0.6 is 0 Å². The molecule has 1 aliphatic rings. The molecule has 0 bridgehead atoms. The SMILES string of the molecule is Cc1cccc(C#N)c1NCCN1CCCCC1. The number of likely N-dealkylation sites (tertiary alicyclic amines) is 1. The van der Waals surface area contributed by atoms with E-state index in [1.54, 1.807) is 0 Å². The zero-order chi connectivity index (χ0) is 12.8. The number of nitrogens with zero attached hydrogens (tertiary/aromatic N) is 2. The molecule has 0 spiro atoms. The maximum absolute atomic E-state index is 9.09. The van der Waals surface area contributed by atoms with E-state index in [-0.39, 0.29) is 0 Å². The molecule has 18 heavy (non-hydrogen) atoms. The number of nitrogens with one attached hydrogen (secondary N) is 1. The van der Waals surface area contributed by atoms with Crippen molar-refractivity contribution in [2.24, 2.45) is 0 Å². The molecule has 1 fully saturated rings. The highest BCUT2D eigenvalue weighted by atomic mass is 15.1. The van der Waals surface area contributed by atoms with Crippen LogP contribution < -0.4 is 5.32 Å². The summed E-state index contributed by atoms with van der Waals surface area (Å²) in [5, 5.41) is 12.5. The van der Waals surface area contributed by atoms with Crippen LogP contribution in [0, 0.1) is 18.3 Å². The second-order valence-corrected chi connectivity index (χ2v) is 4.94. The third-order valence-corrected chi connectivity index (χ3v) is 3.57. The summed E-state index contributed by atoms with van der Waals surface area (Å²) in [6.45, 7) is 6.48. The second-order valence-electron chi connectivity index (χ2n) is 4.94. The summed E-state index contributed by atoms with van der Waals surface area (Å²) in [5.74, 6) is 0. The number of hydrogen-bond donors (Lipinski definition) is 1. The number of para-hydroxylation sites is 1. The number of anilines is 1. The Morgan fingerprint density at radius 1 is 1.28 bits per heavy atom. The third kappa shape index (κ3) is 3.24. The molecular formula is C15H21N3. The molecule has 0 radical (unpaired) electrons. The van der Waals surface area contributed by atoms with Crippen molar-refractivity contribution in [1.82, 2.24) is 4.90 Å². The molecule has 0 unspecified atom stereocenters. The molecule has 0 saturated carbocycles. The van der Waals surface area contributed by atoms with Crippen molar-refractivity contribution < 1.29 is 0 Å². The Labute approximate surface area is 109 Å². The van der Waals surface area contributed by atoms with Gasteiger partial charge >= 0.3 is 0 Å². The van der Waals surface area contributed by atoms with E-state index in [2.05, 4.69) is 16.3 Å². The molecule has 1 aliphatic heterocycles. The first-order chi connectivity index (χ1) is 8.81. The molecule has 3 nitrogen and oxygen atoms in total. The highest BCUT2D eigenvalue weighted by Crippen LogP contribution is 2.19. The van der Waals surface area contributed by atoms with Crippen LogP contribution in [-0.4, -0.2) is 31.1 Å². The quantitative estimate of drug-likeness (QED) is 0.883. The van der Waals surface area contributed by atoms with Crippen LogP contribution in [0.3, 0.4) is 0 Å². The van der Waals surface area contributed by atoms with E-state index in [9.17, 15) is 0 Å². The minimum Gasteiger partial charge on any atom is -0.382 e. The molecule has 0 aromatic heterocycles. The minimum atomic E-state index is 0.744. The van der Waals surface area contributed by atoms with E-state index in [1.165, 1.54) is 32.4 Å². The van der Waals surface area contributed by atoms with Gasteiger partial charge in [-0.3, -0.25) is 0 Å². The molecule has 1 saturated heterocycles. The number of benzene rings is 1. The van der Waals surface area contributed by atoms with Crippen molar-refractivity contribution in [1.29, 1.82) is 5.26 Å². The van der Waals surface area contributed by atoms with E-state index in [4.69, 9.17) is 5.26 Å². The first kappa shape index (κ1) is 12.9. The fraction of sp³-hybridized carbons (Fsp3) is 0.533. The Morgan fingerprint density at radius 3 is 2.78 bits per heavy atom. The zero-order valence-electron chi connectivity index (χ0n) is 11.1. The fourth-order valence-corrected chi connectivity index (χ4v) is 2.52. The van der Waals surface area contributed by atoms with Gasteiger partial charge in [0.15, 0.2) is 0 Å². The first-order valence-corrected chi connectivity index (χ1v) is 6.77. The summed E-state index contributed by atoms with van der Waals surface area (Å²) in [4.78, 5) is 2.50. The third-order valence-electron chi connectivity index (χ3n) is 3.57. The average Bonchev–Trinajstić information content (AvgIpc) is 2.41. The predicted octanol–water partition coefficient (Wildman–Crippen LogP) is 2.76. The molecule has 0 amide bonds. The van der Waals surface area contributed by atoms with Gasteiger partial charge in [-0.05, 0) is 44.5 Å². The van der Waals surface area contributed by atoms with Crippen molar-refractivity contribution in [2.45, 2.75) is 26.2 Å². The highest BCUT2D eigenvalue weighted by molar-refractivity contribution is 5.62. The van der Waals surface area contributed by atoms with Crippen molar-refractivity contribution in [3.05, 3.63) is 29.3 Å². The Bertz CT molecular complexity index is 428. The van der Waals surface area contributed by atoms with Gasteiger partial charge < -0.3 is 10.2 Å². The molecule has 96 valence electrons. The first-order valence-electron chi connectivity index (χ1n) is 6.77. The molecule has 1 aromatic rings. The number of hydrogen-bond acceptors (Lipinski definition) is 3. The topological polar surface area (TPSA) is 39.1 Å². The van der Waals surface area contributed by atoms with Gasteiger partial charge in [0.05, 0.1) is 11.3 Å². The van der Waals surface area contributed by atoms with E-state index >= 15 is 0 Å². The summed E-state index contributed by atoms with van der Waals surface area (Å²) in [7, 11) is 0. The predicted molar refractivity (Wildman–Crippen MR) is 74.7 cm³/mol. The maximum Gasteiger partial charge on any atom is 0.101 e. The summed E-state index contributed by atoms with van der Waals surface area (Å²) in [6.07, 6.45) is 4.03. The van der Waals surface area contributed by atoms with Crippen LogP contribution in [0.2, 0.25) is 0 Å². The Morgan fingerprint density at radius 2 is 2.06 bits per heavy atom. The van der Waals surface area contributed by atoms with Crippen LogP contribution in [0.15, 0.2) is 18.2 Å². The van der Waals surface area contributed by atoms with Gasteiger partial charge in [-0.25, -0.2) is 0 Å². The normalized spacial score (nSPS) is 16.2. The maximum atomic E-state index is 9.09. The molecular weight excluding hydrogens is 222 g/mol. The summed E-state index contributed by atoms with van der Waals surface area (Å²) < 4.78 is 0. The van der Waals surface area contributed by atoms with Gasteiger partial charge in [0.2, 0.25) is 0 Å². The monoisotopic (exact) mass is 243 g/mol. The summed E-state index contributed by atoms with van der Waals surface area (Å²) in [5.41, 5.74) is 2.89. The highest BCUT2D eigenvalue weighted by Gasteiger charge is 2.10. The van der Waals surface area contributed by atoms with Gasteiger partial charge in [0.25, 0.3) is 0 Å². The summed E-state index contributed by atoms with van der Waals surface area (Å²) >= 11 is 0. The van der Waals surface area contributed by atoms with Crippen molar-refractivity contribution in [3.8, 4) is 6.07 Å². The van der Waals surface area contributed by atoms with Crippen LogP contribution in [0.25, 0.3) is 0 Å². The van der Waals surface area contributed by atoms with Gasteiger partial charge in [-0.15, -0.1) is 0 Å². The van der Waals surface area contributed by atoms with Gasteiger partial charge in [0.1, 0.15) is 6.07 Å². The lowest BCUT2D eigenvalue weighted by Gasteiger charge is -2.26. The fourth-order valence-electron chi connectivity index (χ4n) is 2.52. The zero-order valence-corrected chi connectivity index (χ0v) is 11.1. The van der Waals surface area contributed by atoms with E-state index in [1.807, 2.05) is 25.1 Å². The Kier molecular flexibility index (Phi) is 4.60. The minimum absolute atomic E-state index is 0.744. The van der Waals surface area contributed by atoms with Crippen molar-refractivity contribution >= 4 is 5.69 Å². The average molecular weight is 243 g/mol. The van der Waals surface area contributed by atoms with E-state index in [0.717, 1.165) is 29.9 Å². The lowest BCUT2D eigenvalue weighted by Crippen LogP contribution is -2.33. The molecule has 3 heteroatoms. The van der Waals surface area contributed by atoms with E-state index < -0.39 is 0 Å². The van der Waals surface area contributed by atoms with Crippen LogP contribution in [0.4, 0.5) is 5.69 Å². The molecule has 2 rings (SSSR count). The molecule has 0 atom stereocenters. The van der Waals surface area contributed by atoms with Gasteiger partial charge in [-0.2, -0.15) is 5.26 Å². The summed E-state index contributed by atoms with van der Waals surface area (Å²) in [6, 6.07) is 8.10. The second kappa shape index (κ2) is 6.42. The van der Waals surface area contributed by atoms with Crippen LogP contribution in [-0.2, 0) is 0 Å². The van der Waals surface area contributed by atoms with Gasteiger partial charge in [0, 0.05) is 13.1 Å². The molecule has 1 aromatic carbocycles. The largest absolute Gasteiger partial charge is 0.382 e. The number of nitriles is 1. The van der Waals surface area contributed by atoms with E-state index in [0.29, 0.717) is 0 Å². The van der Waals surface area contributed by atoms with Crippen molar-refractivity contribution in [2.75, 3.05) is 31.5 Å². The number of rotatable bonds is 4. The Balaban J connectivity index is 1.88. The molecule has 0 aliphatic carbocycles. The Hall–Kier alpha value is -1.53. The molecule has 1 heterocycles.